The molecule has 0 unspecified atom stereocenters. The van der Waals surface area contributed by atoms with E-state index in [-0.39, 0.29) is 0 Å². The van der Waals surface area contributed by atoms with E-state index in [1.165, 1.54) is 12.8 Å². The molecule has 14 heavy (non-hydrogen) atoms. The molecule has 0 aromatic rings. The standard InChI is InChI=1S/C4H10.C3H9N.3C2H6/c1-3-4-2;1-4(2)3;3*1-2/h3-4H2,1-2H3;1-3H3;3*1-2H3. The SMILES string of the molecule is CC.CC.CC.CCCC.CN(C)C. The highest BCUT2D eigenvalue weighted by atomic mass is 15.0. The Hall–Kier alpha value is -0.0400. The van der Waals surface area contributed by atoms with E-state index in [4.69, 9.17) is 0 Å². The molecule has 0 saturated heterocycles. The molecule has 0 radical (unpaired) electrons. The zero-order valence-corrected chi connectivity index (χ0v) is 12.9. The van der Waals surface area contributed by atoms with Crippen molar-refractivity contribution in [3.8, 4) is 0 Å². The van der Waals surface area contributed by atoms with E-state index < -0.39 is 0 Å². The summed E-state index contributed by atoms with van der Waals surface area (Å²) in [7, 11) is 6.00. The smallest absolute Gasteiger partial charge is 0.0140 e. The molecular weight excluding hydrogens is 170 g/mol. The summed E-state index contributed by atoms with van der Waals surface area (Å²) in [6.45, 7) is 16.4. The fourth-order valence-electron chi connectivity index (χ4n) is 0. The summed E-state index contributed by atoms with van der Waals surface area (Å²) in [4.78, 5) is 2.00. The summed E-state index contributed by atoms with van der Waals surface area (Å²) in [6.07, 6.45) is 2.64. The van der Waals surface area contributed by atoms with Gasteiger partial charge in [-0.2, -0.15) is 0 Å². The van der Waals surface area contributed by atoms with Crippen LogP contribution in [0.25, 0.3) is 0 Å². The Balaban J connectivity index is -0.0000000255. The first-order valence-electron chi connectivity index (χ1n) is 6.26. The summed E-state index contributed by atoms with van der Waals surface area (Å²) in [5, 5.41) is 0. The maximum atomic E-state index is 2.18. The van der Waals surface area contributed by atoms with Gasteiger partial charge >= 0.3 is 0 Å². The molecule has 0 N–H and O–H groups in total. The Morgan fingerprint density at radius 2 is 0.643 bits per heavy atom. The second-order valence-electron chi connectivity index (χ2n) is 2.34. The molecule has 0 saturated carbocycles. The maximum Gasteiger partial charge on any atom is -0.0140 e. The van der Waals surface area contributed by atoms with Crippen LogP contribution in [-0.2, 0) is 0 Å². The van der Waals surface area contributed by atoms with Crippen molar-refractivity contribution in [2.24, 2.45) is 0 Å². The first-order valence-corrected chi connectivity index (χ1v) is 6.26. The van der Waals surface area contributed by atoms with E-state index >= 15 is 0 Å². The van der Waals surface area contributed by atoms with Gasteiger partial charge in [0.15, 0.2) is 0 Å². The maximum absolute atomic E-state index is 2.18. The normalized spacial score (nSPS) is 6.00. The van der Waals surface area contributed by atoms with Crippen molar-refractivity contribution >= 4 is 0 Å². The molecule has 0 aromatic carbocycles. The Labute approximate surface area is 94.9 Å². The predicted molar refractivity (Wildman–Crippen MR) is 74.2 cm³/mol. The second-order valence-corrected chi connectivity index (χ2v) is 2.34. The van der Waals surface area contributed by atoms with Crippen LogP contribution in [0.15, 0.2) is 0 Å². The number of rotatable bonds is 1. The van der Waals surface area contributed by atoms with E-state index in [0.29, 0.717) is 0 Å². The molecule has 0 amide bonds. The molecule has 0 spiro atoms. The van der Waals surface area contributed by atoms with Crippen LogP contribution in [0.2, 0.25) is 0 Å². The Bertz CT molecular complexity index is 21.7. The molecule has 0 aromatic heterocycles. The lowest BCUT2D eigenvalue weighted by molar-refractivity contribution is 0.505. The quantitative estimate of drug-likeness (QED) is 0.581. The molecule has 1 heteroatoms. The Kier molecular flexibility index (Phi) is 157. The molecular formula is C13H37N. The van der Waals surface area contributed by atoms with Gasteiger partial charge in [0.25, 0.3) is 0 Å². The van der Waals surface area contributed by atoms with Crippen LogP contribution >= 0.6 is 0 Å². The molecule has 0 rings (SSSR count). The molecule has 0 aliphatic heterocycles. The van der Waals surface area contributed by atoms with Gasteiger partial charge in [0.1, 0.15) is 0 Å². The minimum Gasteiger partial charge on any atom is -0.312 e. The van der Waals surface area contributed by atoms with Gasteiger partial charge in [0, 0.05) is 0 Å². The zero-order valence-electron chi connectivity index (χ0n) is 12.9. The fraction of sp³-hybridized carbons (Fsp3) is 1.00. The predicted octanol–water partition coefficient (Wildman–Crippen LogP) is 5.06. The van der Waals surface area contributed by atoms with Crippen LogP contribution in [0.1, 0.15) is 68.2 Å². The topological polar surface area (TPSA) is 3.24 Å². The van der Waals surface area contributed by atoms with E-state index in [2.05, 4.69) is 13.8 Å². The molecule has 0 heterocycles. The van der Waals surface area contributed by atoms with Crippen molar-refractivity contribution in [1.29, 1.82) is 0 Å². The lowest BCUT2D eigenvalue weighted by Gasteiger charge is -1.90. The summed E-state index contributed by atoms with van der Waals surface area (Å²) < 4.78 is 0. The van der Waals surface area contributed by atoms with Gasteiger partial charge in [0.2, 0.25) is 0 Å². The third kappa shape index (κ3) is 1560. The average molecular weight is 207 g/mol. The molecule has 0 fully saturated rings. The van der Waals surface area contributed by atoms with Crippen LogP contribution in [0.3, 0.4) is 0 Å². The van der Waals surface area contributed by atoms with Crippen LogP contribution in [0.4, 0.5) is 0 Å². The summed E-state index contributed by atoms with van der Waals surface area (Å²) in [5.74, 6) is 0. The number of nitrogens with zero attached hydrogens (tertiary/aromatic N) is 1. The van der Waals surface area contributed by atoms with Gasteiger partial charge in [-0.15, -0.1) is 0 Å². The Morgan fingerprint density at radius 1 is 0.571 bits per heavy atom. The summed E-state index contributed by atoms with van der Waals surface area (Å²) in [5.41, 5.74) is 0. The van der Waals surface area contributed by atoms with Crippen molar-refractivity contribution < 1.29 is 0 Å². The summed E-state index contributed by atoms with van der Waals surface area (Å²) >= 11 is 0. The van der Waals surface area contributed by atoms with E-state index in [9.17, 15) is 0 Å². The van der Waals surface area contributed by atoms with Crippen LogP contribution in [0.5, 0.6) is 0 Å². The van der Waals surface area contributed by atoms with E-state index in [1.807, 2.05) is 67.6 Å². The molecule has 0 atom stereocenters. The minimum absolute atomic E-state index is 1.32. The second kappa shape index (κ2) is 75.4. The zero-order chi connectivity index (χ0) is 13.0. The molecule has 1 nitrogen and oxygen atoms in total. The fourth-order valence-corrected chi connectivity index (χ4v) is 0. The highest BCUT2D eigenvalue weighted by Crippen LogP contribution is 1.76. The Morgan fingerprint density at radius 3 is 0.643 bits per heavy atom. The number of hydrogen-bond acceptors (Lipinski definition) is 1. The van der Waals surface area contributed by atoms with E-state index in [1.54, 1.807) is 0 Å². The van der Waals surface area contributed by atoms with Gasteiger partial charge in [-0.3, -0.25) is 0 Å². The van der Waals surface area contributed by atoms with Crippen LogP contribution in [-0.4, -0.2) is 26.0 Å². The van der Waals surface area contributed by atoms with Gasteiger partial charge in [-0.1, -0.05) is 68.2 Å². The first kappa shape index (κ1) is 29.2. The van der Waals surface area contributed by atoms with Gasteiger partial charge in [-0.05, 0) is 21.1 Å². The number of hydrogen-bond donors (Lipinski definition) is 0. The average Bonchev–Trinajstić information content (AvgIpc) is 2.25. The highest BCUT2D eigenvalue weighted by Gasteiger charge is 1.58. The lowest BCUT2D eigenvalue weighted by Crippen LogP contribution is -1.99. The lowest BCUT2D eigenvalue weighted by atomic mass is 10.4. The highest BCUT2D eigenvalue weighted by molar-refractivity contribution is 4.12. The molecule has 0 bridgehead atoms. The number of unbranched alkanes of at least 4 members (excludes halogenated alkanes) is 1. The minimum atomic E-state index is 1.32. The van der Waals surface area contributed by atoms with Crippen LogP contribution in [0, 0.1) is 0 Å². The molecule has 0 aliphatic carbocycles. The third-order valence-corrected chi connectivity index (χ3v) is 0.500. The van der Waals surface area contributed by atoms with Crippen molar-refractivity contribution in [2.75, 3.05) is 21.1 Å². The van der Waals surface area contributed by atoms with Gasteiger partial charge in [0.05, 0.1) is 0 Å². The van der Waals surface area contributed by atoms with E-state index in [0.717, 1.165) is 0 Å². The monoisotopic (exact) mass is 207 g/mol. The van der Waals surface area contributed by atoms with Crippen molar-refractivity contribution in [3.63, 3.8) is 0 Å². The van der Waals surface area contributed by atoms with Gasteiger partial charge in [-0.25, -0.2) is 0 Å². The van der Waals surface area contributed by atoms with Crippen molar-refractivity contribution in [2.45, 2.75) is 68.2 Å². The molecule has 0 aliphatic rings. The largest absolute Gasteiger partial charge is 0.312 e. The van der Waals surface area contributed by atoms with Crippen molar-refractivity contribution in [1.82, 2.24) is 4.90 Å². The van der Waals surface area contributed by atoms with Crippen LogP contribution < -0.4 is 0 Å². The molecule has 94 valence electrons. The summed E-state index contributed by atoms with van der Waals surface area (Å²) in [6, 6.07) is 0. The van der Waals surface area contributed by atoms with Gasteiger partial charge < -0.3 is 4.90 Å². The van der Waals surface area contributed by atoms with Crippen molar-refractivity contribution in [3.05, 3.63) is 0 Å². The third-order valence-electron chi connectivity index (χ3n) is 0.500. The first-order chi connectivity index (χ1) is 6.65.